The van der Waals surface area contributed by atoms with Gasteiger partial charge in [0, 0.05) is 22.7 Å². The fraction of sp³-hybridized carbons (Fsp3) is 0.133. The molecule has 0 amide bonds. The van der Waals surface area contributed by atoms with Gasteiger partial charge in [0.1, 0.15) is 0 Å². The van der Waals surface area contributed by atoms with Crippen molar-refractivity contribution in [3.8, 4) is 0 Å². The molecule has 0 saturated heterocycles. The largest absolute Gasteiger partial charge is 0.312 e. The molecule has 1 aromatic carbocycles. The predicted molar refractivity (Wildman–Crippen MR) is 72.9 cm³/mol. The van der Waals surface area contributed by atoms with E-state index in [1.54, 1.807) is 0 Å². The lowest BCUT2D eigenvalue weighted by Gasteiger charge is -2.06. The Morgan fingerprint density at radius 3 is 2.71 bits per heavy atom. The van der Waals surface area contributed by atoms with Gasteiger partial charge < -0.3 is 4.57 Å². The molecular formula is C15H14N2. The smallest absolute Gasteiger partial charge is 0.0721 e. The normalized spacial score (nSPS) is 12.5. The van der Waals surface area contributed by atoms with Gasteiger partial charge in [0.2, 0.25) is 0 Å². The molecule has 0 bridgehead atoms. The van der Waals surface area contributed by atoms with Crippen molar-refractivity contribution in [1.82, 2.24) is 9.55 Å². The maximum absolute atomic E-state index is 4.24. The Kier molecular flexibility index (Phi) is 2.22. The van der Waals surface area contributed by atoms with Crippen molar-refractivity contribution in [3.63, 3.8) is 0 Å². The number of benzene rings is 1. The molecule has 17 heavy (non-hydrogen) atoms. The van der Waals surface area contributed by atoms with Crippen molar-refractivity contribution < 1.29 is 0 Å². The van der Waals surface area contributed by atoms with Gasteiger partial charge in [0.15, 0.2) is 0 Å². The van der Waals surface area contributed by atoms with E-state index >= 15 is 0 Å². The summed E-state index contributed by atoms with van der Waals surface area (Å²) in [6.45, 7) is 4.19. The lowest BCUT2D eigenvalue weighted by Crippen LogP contribution is -1.92. The number of pyridine rings is 1. The first-order chi connectivity index (χ1) is 8.33. The number of nitrogens with zero attached hydrogens (tertiary/aromatic N) is 2. The molecule has 0 aliphatic heterocycles. The van der Waals surface area contributed by atoms with Crippen molar-refractivity contribution in [2.45, 2.75) is 13.8 Å². The second-order valence-electron chi connectivity index (χ2n) is 4.18. The fourth-order valence-electron chi connectivity index (χ4n) is 2.33. The van der Waals surface area contributed by atoms with E-state index in [1.807, 2.05) is 12.4 Å². The van der Waals surface area contributed by atoms with Gasteiger partial charge in [-0.05, 0) is 26.0 Å². The molecule has 3 aromatic rings. The van der Waals surface area contributed by atoms with E-state index in [4.69, 9.17) is 0 Å². The van der Waals surface area contributed by atoms with Crippen LogP contribution in [0.25, 0.3) is 27.5 Å². The van der Waals surface area contributed by atoms with Crippen LogP contribution in [-0.4, -0.2) is 9.55 Å². The van der Waals surface area contributed by atoms with Crippen LogP contribution in [0.4, 0.5) is 0 Å². The summed E-state index contributed by atoms with van der Waals surface area (Å²) >= 11 is 0. The van der Waals surface area contributed by atoms with Crippen molar-refractivity contribution in [1.29, 1.82) is 0 Å². The van der Waals surface area contributed by atoms with Gasteiger partial charge in [0.25, 0.3) is 0 Å². The Morgan fingerprint density at radius 2 is 1.88 bits per heavy atom. The third kappa shape index (κ3) is 1.37. The van der Waals surface area contributed by atoms with E-state index in [-0.39, 0.29) is 0 Å². The summed E-state index contributed by atoms with van der Waals surface area (Å²) in [5, 5.41) is 2.54. The summed E-state index contributed by atoms with van der Waals surface area (Å²) in [4.78, 5) is 4.24. The quantitative estimate of drug-likeness (QED) is 0.607. The second kappa shape index (κ2) is 3.74. The minimum Gasteiger partial charge on any atom is -0.312 e. The Labute approximate surface area is 100 Å². The molecule has 84 valence electrons. The van der Waals surface area contributed by atoms with Crippen LogP contribution >= 0.6 is 0 Å². The zero-order chi connectivity index (χ0) is 11.8. The van der Waals surface area contributed by atoms with Crippen LogP contribution in [-0.2, 0) is 0 Å². The highest BCUT2D eigenvalue weighted by molar-refractivity contribution is 6.09. The first-order valence-electron chi connectivity index (χ1n) is 5.79. The minimum absolute atomic E-state index is 1.17. The van der Waals surface area contributed by atoms with Gasteiger partial charge in [0.05, 0.1) is 17.2 Å². The van der Waals surface area contributed by atoms with Crippen molar-refractivity contribution in [3.05, 3.63) is 48.8 Å². The van der Waals surface area contributed by atoms with E-state index in [0.717, 1.165) is 0 Å². The minimum atomic E-state index is 1.17. The molecule has 2 nitrogen and oxygen atoms in total. The Morgan fingerprint density at radius 1 is 1.12 bits per heavy atom. The molecule has 0 N–H and O–H groups in total. The standard InChI is InChI=1S/C15H14N2/c1-3-11(2)17-14-7-5-4-6-12(14)13-8-9-16-10-15(13)17/h3-10H,1-2H3/b11-3-. The van der Waals surface area contributed by atoms with Crippen LogP contribution in [0.15, 0.2) is 48.8 Å². The van der Waals surface area contributed by atoms with Gasteiger partial charge >= 0.3 is 0 Å². The molecule has 2 aromatic heterocycles. The summed E-state index contributed by atoms with van der Waals surface area (Å²) < 4.78 is 2.26. The van der Waals surface area contributed by atoms with Gasteiger partial charge in [-0.1, -0.05) is 24.3 Å². The molecule has 0 spiro atoms. The lowest BCUT2D eigenvalue weighted by molar-refractivity contribution is 1.18. The predicted octanol–water partition coefficient (Wildman–Crippen LogP) is 4.07. The van der Waals surface area contributed by atoms with Gasteiger partial charge in [-0.25, -0.2) is 0 Å². The van der Waals surface area contributed by atoms with E-state index in [9.17, 15) is 0 Å². The molecule has 2 heterocycles. The van der Waals surface area contributed by atoms with E-state index in [0.29, 0.717) is 0 Å². The molecule has 0 saturated carbocycles. The molecule has 0 unspecified atom stereocenters. The first kappa shape index (κ1) is 10.1. The number of para-hydroxylation sites is 1. The molecule has 2 heteroatoms. The fourth-order valence-corrected chi connectivity index (χ4v) is 2.33. The highest BCUT2D eigenvalue weighted by Gasteiger charge is 2.10. The Balaban J connectivity index is 2.59. The molecular weight excluding hydrogens is 208 g/mol. The summed E-state index contributed by atoms with van der Waals surface area (Å²) in [7, 11) is 0. The van der Waals surface area contributed by atoms with Crippen LogP contribution in [0.1, 0.15) is 13.8 Å². The number of rotatable bonds is 1. The summed E-state index contributed by atoms with van der Waals surface area (Å²) in [5.74, 6) is 0. The van der Waals surface area contributed by atoms with E-state index < -0.39 is 0 Å². The van der Waals surface area contributed by atoms with Crippen molar-refractivity contribution in [2.75, 3.05) is 0 Å². The lowest BCUT2D eigenvalue weighted by atomic mass is 10.2. The summed E-state index contributed by atoms with van der Waals surface area (Å²) in [5.41, 5.74) is 3.64. The summed E-state index contributed by atoms with van der Waals surface area (Å²) in [6, 6.07) is 10.6. The number of aromatic nitrogens is 2. The highest BCUT2D eigenvalue weighted by atomic mass is 15.0. The topological polar surface area (TPSA) is 17.8 Å². The Hall–Kier alpha value is -2.09. The van der Waals surface area contributed by atoms with E-state index in [2.05, 4.69) is 59.8 Å². The Bertz CT molecular complexity index is 667. The third-order valence-corrected chi connectivity index (χ3v) is 3.25. The maximum Gasteiger partial charge on any atom is 0.0721 e. The van der Waals surface area contributed by atoms with Crippen LogP contribution in [0, 0.1) is 0 Å². The van der Waals surface area contributed by atoms with Gasteiger partial charge in [-0.2, -0.15) is 0 Å². The van der Waals surface area contributed by atoms with E-state index in [1.165, 1.54) is 27.5 Å². The molecule has 0 fully saturated rings. The van der Waals surface area contributed by atoms with Crippen LogP contribution in [0.3, 0.4) is 0 Å². The van der Waals surface area contributed by atoms with Crippen molar-refractivity contribution >= 4 is 27.5 Å². The maximum atomic E-state index is 4.24. The SMILES string of the molecule is C/C=C(/C)n1c2ccccc2c2ccncc21. The first-order valence-corrected chi connectivity index (χ1v) is 5.79. The number of allylic oxidation sites excluding steroid dienone is 2. The highest BCUT2D eigenvalue weighted by Crippen LogP contribution is 2.30. The molecule has 0 atom stereocenters. The number of fused-ring (bicyclic) bond motifs is 3. The molecule has 0 radical (unpaired) electrons. The molecule has 0 aliphatic carbocycles. The average molecular weight is 222 g/mol. The monoisotopic (exact) mass is 222 g/mol. The van der Waals surface area contributed by atoms with Crippen LogP contribution in [0.2, 0.25) is 0 Å². The zero-order valence-corrected chi connectivity index (χ0v) is 10.0. The van der Waals surface area contributed by atoms with Crippen LogP contribution in [0.5, 0.6) is 0 Å². The average Bonchev–Trinajstić information content (AvgIpc) is 2.72. The number of hydrogen-bond donors (Lipinski definition) is 0. The van der Waals surface area contributed by atoms with Crippen molar-refractivity contribution in [2.24, 2.45) is 0 Å². The molecule has 3 rings (SSSR count). The third-order valence-electron chi connectivity index (χ3n) is 3.25. The number of hydrogen-bond acceptors (Lipinski definition) is 1. The zero-order valence-electron chi connectivity index (χ0n) is 10.0. The van der Waals surface area contributed by atoms with Crippen LogP contribution < -0.4 is 0 Å². The second-order valence-corrected chi connectivity index (χ2v) is 4.18. The van der Waals surface area contributed by atoms with Gasteiger partial charge in [-0.15, -0.1) is 0 Å². The summed E-state index contributed by atoms with van der Waals surface area (Å²) in [6.07, 6.45) is 5.91. The molecule has 0 aliphatic rings. The van der Waals surface area contributed by atoms with Gasteiger partial charge in [-0.3, -0.25) is 4.98 Å².